The predicted octanol–water partition coefficient (Wildman–Crippen LogP) is -0.386. The molecule has 1 spiro atoms. The van der Waals surface area contributed by atoms with Crippen molar-refractivity contribution in [1.82, 2.24) is 15.5 Å². The fourth-order valence-electron chi connectivity index (χ4n) is 3.26. The number of ether oxygens (including phenoxy) is 1. The van der Waals surface area contributed by atoms with Crippen LogP contribution in [0.3, 0.4) is 0 Å². The van der Waals surface area contributed by atoms with Crippen molar-refractivity contribution >= 4 is 17.8 Å². The summed E-state index contributed by atoms with van der Waals surface area (Å²) in [7, 11) is 0. The number of nitrogens with zero attached hydrogens (tertiary/aromatic N) is 1. The first kappa shape index (κ1) is 13.4. The standard InChI is InChI=1S/C13H19N3O4/c17-10(9-2-6-20-7-3-9)16-5-1-4-13(8-16)11(18)14-12(19)15-13/h9H,1-8H2,(H2,14,15,18,19). The van der Waals surface area contributed by atoms with Crippen molar-refractivity contribution in [2.24, 2.45) is 5.92 Å². The molecule has 3 aliphatic rings. The SMILES string of the molecule is O=C1NC(=O)C2(CCCN(C(=O)C3CCOCC3)C2)N1. The number of carbonyl (C=O) groups is 3. The lowest BCUT2D eigenvalue weighted by molar-refractivity contribution is -0.142. The predicted molar refractivity (Wildman–Crippen MR) is 68.8 cm³/mol. The molecule has 3 saturated heterocycles. The molecule has 110 valence electrons. The van der Waals surface area contributed by atoms with Crippen LogP contribution in [0, 0.1) is 5.92 Å². The number of piperidine rings is 1. The normalized spacial score (nSPS) is 31.3. The van der Waals surface area contributed by atoms with E-state index < -0.39 is 11.6 Å². The first-order valence-electron chi connectivity index (χ1n) is 7.11. The van der Waals surface area contributed by atoms with Crippen molar-refractivity contribution in [3.05, 3.63) is 0 Å². The highest BCUT2D eigenvalue weighted by atomic mass is 16.5. The van der Waals surface area contributed by atoms with E-state index in [0.29, 0.717) is 26.2 Å². The fraction of sp³-hybridized carbons (Fsp3) is 0.769. The number of rotatable bonds is 1. The van der Waals surface area contributed by atoms with Crippen molar-refractivity contribution in [3.8, 4) is 0 Å². The summed E-state index contributed by atoms with van der Waals surface area (Å²) >= 11 is 0. The Morgan fingerprint density at radius 3 is 2.70 bits per heavy atom. The van der Waals surface area contributed by atoms with Gasteiger partial charge in [-0.2, -0.15) is 0 Å². The van der Waals surface area contributed by atoms with E-state index in [0.717, 1.165) is 19.3 Å². The Morgan fingerprint density at radius 1 is 1.30 bits per heavy atom. The Kier molecular flexibility index (Phi) is 3.37. The summed E-state index contributed by atoms with van der Waals surface area (Å²) in [4.78, 5) is 37.5. The molecule has 2 N–H and O–H groups in total. The molecular weight excluding hydrogens is 262 g/mol. The van der Waals surface area contributed by atoms with Crippen LogP contribution in [0.2, 0.25) is 0 Å². The highest BCUT2D eigenvalue weighted by Crippen LogP contribution is 2.27. The Bertz CT molecular complexity index is 447. The maximum atomic E-state index is 12.5. The maximum Gasteiger partial charge on any atom is 0.322 e. The zero-order chi connectivity index (χ0) is 14.2. The van der Waals surface area contributed by atoms with Crippen LogP contribution in [0.25, 0.3) is 0 Å². The third kappa shape index (κ3) is 2.26. The fourth-order valence-corrected chi connectivity index (χ4v) is 3.26. The third-order valence-electron chi connectivity index (χ3n) is 4.39. The second-order valence-corrected chi connectivity index (χ2v) is 5.74. The summed E-state index contributed by atoms with van der Waals surface area (Å²) in [5.74, 6) is -0.243. The maximum absolute atomic E-state index is 12.5. The Hall–Kier alpha value is -1.63. The van der Waals surface area contributed by atoms with E-state index in [1.165, 1.54) is 0 Å². The molecular formula is C13H19N3O4. The number of likely N-dealkylation sites (tertiary alicyclic amines) is 1. The van der Waals surface area contributed by atoms with Crippen molar-refractivity contribution in [3.63, 3.8) is 0 Å². The average molecular weight is 281 g/mol. The summed E-state index contributed by atoms with van der Waals surface area (Å²) in [6, 6.07) is -0.463. The van der Waals surface area contributed by atoms with Gasteiger partial charge in [-0.15, -0.1) is 0 Å². The minimum atomic E-state index is -0.920. The molecule has 0 aromatic carbocycles. The van der Waals surface area contributed by atoms with E-state index in [-0.39, 0.29) is 24.3 Å². The van der Waals surface area contributed by atoms with Gasteiger partial charge >= 0.3 is 6.03 Å². The molecule has 0 saturated carbocycles. The van der Waals surface area contributed by atoms with Gasteiger partial charge in [0.15, 0.2) is 0 Å². The molecule has 3 rings (SSSR count). The van der Waals surface area contributed by atoms with Gasteiger partial charge in [0, 0.05) is 25.7 Å². The number of hydrogen-bond acceptors (Lipinski definition) is 4. The highest BCUT2D eigenvalue weighted by Gasteiger charge is 2.49. The lowest BCUT2D eigenvalue weighted by Crippen LogP contribution is -2.60. The van der Waals surface area contributed by atoms with Gasteiger partial charge in [0.1, 0.15) is 5.54 Å². The van der Waals surface area contributed by atoms with E-state index in [1.54, 1.807) is 4.90 Å². The average Bonchev–Trinajstić information content (AvgIpc) is 2.73. The van der Waals surface area contributed by atoms with Crippen LogP contribution in [0.5, 0.6) is 0 Å². The van der Waals surface area contributed by atoms with Crippen molar-refractivity contribution in [2.75, 3.05) is 26.3 Å². The Morgan fingerprint density at radius 2 is 2.05 bits per heavy atom. The lowest BCUT2D eigenvalue weighted by Gasteiger charge is -2.39. The zero-order valence-electron chi connectivity index (χ0n) is 11.3. The second kappa shape index (κ2) is 5.05. The van der Waals surface area contributed by atoms with Crippen LogP contribution in [0.15, 0.2) is 0 Å². The number of urea groups is 1. The van der Waals surface area contributed by atoms with Gasteiger partial charge in [-0.05, 0) is 25.7 Å². The largest absolute Gasteiger partial charge is 0.381 e. The molecule has 0 aromatic heterocycles. The summed E-state index contributed by atoms with van der Waals surface area (Å²) < 4.78 is 5.27. The molecule has 0 bridgehead atoms. The number of imide groups is 1. The van der Waals surface area contributed by atoms with Gasteiger partial charge in [-0.25, -0.2) is 4.79 Å². The van der Waals surface area contributed by atoms with Gasteiger partial charge in [0.05, 0.1) is 6.54 Å². The molecule has 4 amide bonds. The smallest absolute Gasteiger partial charge is 0.322 e. The highest BCUT2D eigenvalue weighted by molar-refractivity contribution is 6.07. The van der Waals surface area contributed by atoms with E-state index >= 15 is 0 Å². The Labute approximate surface area is 117 Å². The van der Waals surface area contributed by atoms with Gasteiger partial charge < -0.3 is 15.0 Å². The first-order chi connectivity index (χ1) is 9.61. The number of hydrogen-bond donors (Lipinski definition) is 2. The first-order valence-corrected chi connectivity index (χ1v) is 7.11. The lowest BCUT2D eigenvalue weighted by atomic mass is 9.87. The van der Waals surface area contributed by atoms with Crippen LogP contribution in [0.1, 0.15) is 25.7 Å². The van der Waals surface area contributed by atoms with Crippen LogP contribution >= 0.6 is 0 Å². The molecule has 20 heavy (non-hydrogen) atoms. The molecule has 3 aliphatic heterocycles. The number of amides is 4. The third-order valence-corrected chi connectivity index (χ3v) is 4.39. The summed E-state index contributed by atoms with van der Waals surface area (Å²) in [5, 5.41) is 4.96. The molecule has 7 nitrogen and oxygen atoms in total. The zero-order valence-corrected chi connectivity index (χ0v) is 11.3. The summed E-state index contributed by atoms with van der Waals surface area (Å²) in [6.07, 6.45) is 2.78. The van der Waals surface area contributed by atoms with Crippen molar-refractivity contribution in [1.29, 1.82) is 0 Å². The summed E-state index contributed by atoms with van der Waals surface area (Å²) in [5.41, 5.74) is -0.920. The van der Waals surface area contributed by atoms with Gasteiger partial charge in [0.25, 0.3) is 5.91 Å². The molecule has 0 aliphatic carbocycles. The van der Waals surface area contributed by atoms with Crippen LogP contribution in [-0.4, -0.2) is 54.6 Å². The van der Waals surface area contributed by atoms with Crippen molar-refractivity contribution < 1.29 is 19.1 Å². The molecule has 3 fully saturated rings. The minimum Gasteiger partial charge on any atom is -0.381 e. The molecule has 3 heterocycles. The molecule has 1 unspecified atom stereocenters. The van der Waals surface area contributed by atoms with Crippen LogP contribution < -0.4 is 10.6 Å². The van der Waals surface area contributed by atoms with E-state index in [9.17, 15) is 14.4 Å². The van der Waals surface area contributed by atoms with Crippen LogP contribution in [-0.2, 0) is 14.3 Å². The van der Waals surface area contributed by atoms with Crippen LogP contribution in [0.4, 0.5) is 4.79 Å². The van der Waals surface area contributed by atoms with Gasteiger partial charge in [-0.1, -0.05) is 0 Å². The van der Waals surface area contributed by atoms with E-state index in [2.05, 4.69) is 10.6 Å². The van der Waals surface area contributed by atoms with E-state index in [4.69, 9.17) is 4.74 Å². The topological polar surface area (TPSA) is 87.7 Å². The molecule has 0 radical (unpaired) electrons. The molecule has 1 atom stereocenters. The molecule has 0 aromatic rings. The van der Waals surface area contributed by atoms with E-state index in [1.807, 2.05) is 0 Å². The Balaban J connectivity index is 1.70. The monoisotopic (exact) mass is 281 g/mol. The van der Waals surface area contributed by atoms with Crippen molar-refractivity contribution in [2.45, 2.75) is 31.2 Å². The van der Waals surface area contributed by atoms with Gasteiger partial charge in [-0.3, -0.25) is 14.9 Å². The second-order valence-electron chi connectivity index (χ2n) is 5.74. The quantitative estimate of drug-likeness (QED) is 0.641. The van der Waals surface area contributed by atoms with Gasteiger partial charge in [0.2, 0.25) is 5.91 Å². The number of nitrogens with one attached hydrogen (secondary N) is 2. The summed E-state index contributed by atoms with van der Waals surface area (Å²) in [6.45, 7) is 2.17. The number of carbonyl (C=O) groups excluding carboxylic acids is 3. The molecule has 7 heteroatoms. The minimum absolute atomic E-state index is 0.0148.